The van der Waals surface area contributed by atoms with Crippen molar-refractivity contribution in [2.45, 2.75) is 19.8 Å². The van der Waals surface area contributed by atoms with Gasteiger partial charge in [0, 0.05) is 0 Å². The van der Waals surface area contributed by atoms with Crippen molar-refractivity contribution in [2.75, 3.05) is 6.54 Å². The first kappa shape index (κ1) is 10.5. The monoisotopic (exact) mass is 117 g/mol. The van der Waals surface area contributed by atoms with Crippen LogP contribution < -0.4 is 5.73 Å². The first-order chi connectivity index (χ1) is 3.83. The first-order valence-electron chi connectivity index (χ1n) is 2.78. The van der Waals surface area contributed by atoms with Gasteiger partial charge in [0.15, 0.2) is 0 Å². The van der Waals surface area contributed by atoms with Gasteiger partial charge in [-0.05, 0) is 13.0 Å². The minimum Gasteiger partial charge on any atom is -0.516 e. The third-order valence-corrected chi connectivity index (χ3v) is 0.558. The zero-order valence-corrected chi connectivity index (χ0v) is 5.43. The molecule has 0 spiro atoms. The zero-order chi connectivity index (χ0) is 6.83. The predicted molar refractivity (Wildman–Crippen MR) is 36.8 cm³/mol. The average molecular weight is 117 g/mol. The van der Waals surface area contributed by atoms with Crippen LogP contribution >= 0.6 is 0 Å². The Morgan fingerprint density at radius 3 is 2.12 bits per heavy atom. The van der Waals surface area contributed by atoms with Crippen molar-refractivity contribution in [3.63, 3.8) is 0 Å². The zero-order valence-electron chi connectivity index (χ0n) is 5.43. The fourth-order valence-electron chi connectivity index (χ4n) is 0.204. The molecule has 0 aromatic carbocycles. The van der Waals surface area contributed by atoms with Crippen LogP contribution in [-0.2, 0) is 0 Å². The number of aliphatic hydroxyl groups excluding tert-OH is 1. The standard InChI is InChI=1S/C4H11N.C2H4O/c1-2-3-4-5;1-2-3/h2-5H2,1H3;2-3H,1H2. The molecule has 50 valence electrons. The van der Waals surface area contributed by atoms with Crippen molar-refractivity contribution in [3.05, 3.63) is 12.8 Å². The van der Waals surface area contributed by atoms with Crippen LogP contribution in [0.25, 0.3) is 0 Å². The van der Waals surface area contributed by atoms with E-state index in [2.05, 4.69) is 13.5 Å². The van der Waals surface area contributed by atoms with Crippen LogP contribution in [0.4, 0.5) is 0 Å². The van der Waals surface area contributed by atoms with E-state index in [4.69, 9.17) is 10.8 Å². The number of hydrogen-bond acceptors (Lipinski definition) is 2. The van der Waals surface area contributed by atoms with Gasteiger partial charge in [0.2, 0.25) is 0 Å². The van der Waals surface area contributed by atoms with Crippen molar-refractivity contribution < 1.29 is 5.11 Å². The minimum atomic E-state index is 0.750. The van der Waals surface area contributed by atoms with Gasteiger partial charge in [-0.3, -0.25) is 0 Å². The summed E-state index contributed by atoms with van der Waals surface area (Å²) in [6.07, 6.45) is 3.14. The highest BCUT2D eigenvalue weighted by Crippen LogP contribution is 1.77. The molecular formula is C6H15NO. The maximum Gasteiger partial charge on any atom is 0.0719 e. The molecule has 0 rings (SSSR count). The Balaban J connectivity index is 0. The lowest BCUT2D eigenvalue weighted by Gasteiger charge is -1.80. The second kappa shape index (κ2) is 16.1. The number of nitrogens with two attached hydrogens (primary N) is 1. The Morgan fingerprint density at radius 2 is 2.12 bits per heavy atom. The second-order valence-corrected chi connectivity index (χ2v) is 1.32. The van der Waals surface area contributed by atoms with Crippen molar-refractivity contribution in [1.82, 2.24) is 0 Å². The lowest BCUT2D eigenvalue weighted by molar-refractivity contribution is 0.476. The van der Waals surface area contributed by atoms with Gasteiger partial charge in [0.25, 0.3) is 0 Å². The van der Waals surface area contributed by atoms with Crippen LogP contribution in [-0.4, -0.2) is 11.7 Å². The molecule has 0 aromatic rings. The Labute approximate surface area is 51.0 Å². The van der Waals surface area contributed by atoms with Gasteiger partial charge >= 0.3 is 0 Å². The molecule has 0 bridgehead atoms. The van der Waals surface area contributed by atoms with Crippen LogP contribution in [0.1, 0.15) is 19.8 Å². The fraction of sp³-hybridized carbons (Fsp3) is 0.667. The van der Waals surface area contributed by atoms with E-state index in [1.54, 1.807) is 0 Å². The molecule has 8 heavy (non-hydrogen) atoms. The Kier molecular flexibility index (Phi) is 21.0. The number of unbranched alkanes of at least 4 members (excludes halogenated alkanes) is 1. The molecule has 0 saturated carbocycles. The molecule has 2 heteroatoms. The third-order valence-electron chi connectivity index (χ3n) is 0.558. The van der Waals surface area contributed by atoms with Gasteiger partial charge in [-0.1, -0.05) is 19.9 Å². The molecule has 0 atom stereocenters. The second-order valence-electron chi connectivity index (χ2n) is 1.32. The molecular weight excluding hydrogens is 102 g/mol. The molecule has 0 unspecified atom stereocenters. The minimum absolute atomic E-state index is 0.750. The van der Waals surface area contributed by atoms with Gasteiger partial charge in [-0.2, -0.15) is 0 Å². The number of aliphatic hydroxyl groups is 1. The summed E-state index contributed by atoms with van der Waals surface area (Å²) in [5.74, 6) is 0. The van der Waals surface area contributed by atoms with Crippen molar-refractivity contribution >= 4 is 0 Å². The molecule has 0 aromatic heterocycles. The molecule has 0 radical (unpaired) electrons. The van der Waals surface area contributed by atoms with E-state index in [1.807, 2.05) is 0 Å². The van der Waals surface area contributed by atoms with E-state index in [-0.39, 0.29) is 0 Å². The molecule has 0 aliphatic carbocycles. The van der Waals surface area contributed by atoms with Crippen molar-refractivity contribution in [3.8, 4) is 0 Å². The van der Waals surface area contributed by atoms with Crippen molar-refractivity contribution in [1.29, 1.82) is 0 Å². The summed E-state index contributed by atoms with van der Waals surface area (Å²) in [5, 5.41) is 7.33. The van der Waals surface area contributed by atoms with Gasteiger partial charge in [0.1, 0.15) is 0 Å². The highest BCUT2D eigenvalue weighted by molar-refractivity contribution is 4.38. The van der Waals surface area contributed by atoms with Crippen LogP contribution in [0.3, 0.4) is 0 Å². The Morgan fingerprint density at radius 1 is 1.75 bits per heavy atom. The lowest BCUT2D eigenvalue weighted by atomic mass is 10.3. The third kappa shape index (κ3) is 49.5. The van der Waals surface area contributed by atoms with Crippen LogP contribution in [0, 0.1) is 0 Å². The van der Waals surface area contributed by atoms with Crippen molar-refractivity contribution in [2.24, 2.45) is 5.73 Å². The smallest absolute Gasteiger partial charge is 0.0719 e. The summed E-state index contributed by atoms with van der Waals surface area (Å²) in [6.45, 7) is 5.89. The van der Waals surface area contributed by atoms with E-state index >= 15 is 0 Å². The molecule has 0 amide bonds. The summed E-state index contributed by atoms with van der Waals surface area (Å²) in [5.41, 5.74) is 5.14. The lowest BCUT2D eigenvalue weighted by Crippen LogP contribution is -1.95. The largest absolute Gasteiger partial charge is 0.516 e. The van der Waals surface area contributed by atoms with Gasteiger partial charge < -0.3 is 10.8 Å². The highest BCUT2D eigenvalue weighted by Gasteiger charge is 1.67. The summed E-state index contributed by atoms with van der Waals surface area (Å²) in [7, 11) is 0. The molecule has 3 N–H and O–H groups in total. The maximum absolute atomic E-state index is 7.33. The summed E-state index contributed by atoms with van der Waals surface area (Å²) in [6, 6.07) is 0. The Hall–Kier alpha value is -0.500. The SMILES string of the molecule is C=CO.CCCCN. The van der Waals surface area contributed by atoms with Crippen LogP contribution in [0.5, 0.6) is 0 Å². The van der Waals surface area contributed by atoms with E-state index in [0.29, 0.717) is 0 Å². The summed E-state index contributed by atoms with van der Waals surface area (Å²) >= 11 is 0. The predicted octanol–water partition coefficient (Wildman–Crippen LogP) is 1.43. The number of hydrogen-bond donors (Lipinski definition) is 2. The van der Waals surface area contributed by atoms with Gasteiger partial charge in [0.05, 0.1) is 6.26 Å². The average Bonchev–Trinajstić information content (AvgIpc) is 1.71. The van der Waals surface area contributed by atoms with E-state index in [0.717, 1.165) is 12.8 Å². The van der Waals surface area contributed by atoms with Crippen LogP contribution in [0.15, 0.2) is 12.8 Å². The summed E-state index contributed by atoms with van der Waals surface area (Å²) < 4.78 is 0. The molecule has 0 aliphatic rings. The Bertz CT molecular complexity index is 35.5. The first-order valence-corrected chi connectivity index (χ1v) is 2.78. The quantitative estimate of drug-likeness (QED) is 0.537. The highest BCUT2D eigenvalue weighted by atomic mass is 16.2. The maximum atomic E-state index is 7.33. The fourth-order valence-corrected chi connectivity index (χ4v) is 0.204. The molecule has 0 saturated heterocycles. The topological polar surface area (TPSA) is 46.2 Å². The van der Waals surface area contributed by atoms with Crippen LogP contribution in [0.2, 0.25) is 0 Å². The molecule has 0 heterocycles. The van der Waals surface area contributed by atoms with Gasteiger partial charge in [-0.15, -0.1) is 0 Å². The van der Waals surface area contributed by atoms with E-state index < -0.39 is 0 Å². The van der Waals surface area contributed by atoms with E-state index in [9.17, 15) is 0 Å². The van der Waals surface area contributed by atoms with E-state index in [1.165, 1.54) is 12.8 Å². The molecule has 2 nitrogen and oxygen atoms in total. The molecule has 0 aliphatic heterocycles. The summed E-state index contributed by atoms with van der Waals surface area (Å²) in [4.78, 5) is 0. The normalized spacial score (nSPS) is 6.75. The number of rotatable bonds is 2. The van der Waals surface area contributed by atoms with Gasteiger partial charge in [-0.25, -0.2) is 0 Å². The molecule has 0 fully saturated rings.